The van der Waals surface area contributed by atoms with Gasteiger partial charge in [0.05, 0.1) is 0 Å². The van der Waals surface area contributed by atoms with Gasteiger partial charge in [-0.1, -0.05) is 13.5 Å². The Morgan fingerprint density at radius 1 is 1.82 bits per heavy atom. The van der Waals surface area contributed by atoms with Crippen molar-refractivity contribution in [2.24, 2.45) is 0 Å². The standard InChI is InChI=1S/C9H13NO/c1-5-7-9(3,10-4)8(11)6-2/h6H,2,5,7H2,1,3H3. The number of nitrogens with zero attached hydrogens (tertiary/aromatic N) is 1. The van der Waals surface area contributed by atoms with Gasteiger partial charge in [-0.15, -0.1) is 0 Å². The van der Waals surface area contributed by atoms with Crippen molar-refractivity contribution in [3.8, 4) is 0 Å². The highest BCUT2D eigenvalue weighted by Crippen LogP contribution is 2.18. The molecule has 0 heterocycles. The van der Waals surface area contributed by atoms with Gasteiger partial charge in [-0.3, -0.25) is 4.79 Å². The highest BCUT2D eigenvalue weighted by Gasteiger charge is 2.36. The zero-order chi connectivity index (χ0) is 8.91. The Balaban J connectivity index is 4.48. The molecule has 0 fully saturated rings. The molecule has 60 valence electrons. The van der Waals surface area contributed by atoms with E-state index in [1.807, 2.05) is 6.92 Å². The minimum Gasteiger partial charge on any atom is -0.302 e. The van der Waals surface area contributed by atoms with E-state index in [1.165, 1.54) is 6.08 Å². The van der Waals surface area contributed by atoms with Gasteiger partial charge in [-0.05, 0) is 12.5 Å². The van der Waals surface area contributed by atoms with Gasteiger partial charge in [0.2, 0.25) is 5.78 Å². The van der Waals surface area contributed by atoms with E-state index >= 15 is 0 Å². The predicted molar refractivity (Wildman–Crippen MR) is 45.1 cm³/mol. The average molecular weight is 151 g/mol. The van der Waals surface area contributed by atoms with Crippen LogP contribution in [0.25, 0.3) is 4.85 Å². The number of hydrogen-bond donors (Lipinski definition) is 0. The maximum absolute atomic E-state index is 11.1. The second-order valence-corrected chi connectivity index (χ2v) is 2.70. The summed E-state index contributed by atoms with van der Waals surface area (Å²) in [6, 6.07) is 0. The Morgan fingerprint density at radius 2 is 2.36 bits per heavy atom. The van der Waals surface area contributed by atoms with Gasteiger partial charge in [0.15, 0.2) is 0 Å². The first-order chi connectivity index (χ1) is 5.10. The number of carbonyl (C=O) groups is 1. The van der Waals surface area contributed by atoms with Crippen LogP contribution in [0.1, 0.15) is 26.7 Å². The zero-order valence-electron chi connectivity index (χ0n) is 7.05. The number of rotatable bonds is 4. The molecule has 0 aromatic carbocycles. The van der Waals surface area contributed by atoms with Crippen LogP contribution in [-0.2, 0) is 4.79 Å². The van der Waals surface area contributed by atoms with Crippen molar-refractivity contribution in [1.29, 1.82) is 0 Å². The third kappa shape index (κ3) is 2.19. The first kappa shape index (κ1) is 9.90. The van der Waals surface area contributed by atoms with Crippen molar-refractivity contribution < 1.29 is 4.79 Å². The number of ketones is 1. The maximum Gasteiger partial charge on any atom is 0.290 e. The molecule has 0 bridgehead atoms. The number of carbonyl (C=O) groups excluding carboxylic acids is 1. The van der Waals surface area contributed by atoms with E-state index < -0.39 is 5.54 Å². The zero-order valence-corrected chi connectivity index (χ0v) is 7.05. The minimum absolute atomic E-state index is 0.172. The lowest BCUT2D eigenvalue weighted by Crippen LogP contribution is -2.29. The van der Waals surface area contributed by atoms with Crippen LogP contribution in [0.2, 0.25) is 0 Å². The maximum atomic E-state index is 11.1. The van der Waals surface area contributed by atoms with E-state index in [0.29, 0.717) is 6.42 Å². The van der Waals surface area contributed by atoms with Gasteiger partial charge < -0.3 is 4.85 Å². The molecule has 0 amide bonds. The van der Waals surface area contributed by atoms with E-state index in [0.717, 1.165) is 6.42 Å². The summed E-state index contributed by atoms with van der Waals surface area (Å²) in [5, 5.41) is 0. The van der Waals surface area contributed by atoms with E-state index in [2.05, 4.69) is 11.4 Å². The van der Waals surface area contributed by atoms with E-state index in [9.17, 15) is 4.79 Å². The Bertz CT molecular complexity index is 202. The molecule has 0 rings (SSSR count). The van der Waals surface area contributed by atoms with Crippen LogP contribution in [-0.4, -0.2) is 11.3 Å². The fraction of sp³-hybridized carbons (Fsp3) is 0.556. The molecule has 2 nitrogen and oxygen atoms in total. The Hall–Kier alpha value is -1.10. The van der Waals surface area contributed by atoms with Gasteiger partial charge in [-0.2, -0.15) is 0 Å². The average Bonchev–Trinajstić information content (AvgIpc) is 2.03. The summed E-state index contributed by atoms with van der Waals surface area (Å²) in [5.41, 5.74) is -0.865. The molecule has 1 atom stereocenters. The van der Waals surface area contributed by atoms with Gasteiger partial charge in [0.25, 0.3) is 5.54 Å². The first-order valence-corrected chi connectivity index (χ1v) is 3.66. The first-order valence-electron chi connectivity index (χ1n) is 3.66. The quantitative estimate of drug-likeness (QED) is 0.446. The Kier molecular flexibility index (Phi) is 3.53. The molecule has 0 saturated heterocycles. The van der Waals surface area contributed by atoms with Crippen LogP contribution in [0.5, 0.6) is 0 Å². The lowest BCUT2D eigenvalue weighted by molar-refractivity contribution is -0.117. The van der Waals surface area contributed by atoms with Crippen LogP contribution < -0.4 is 0 Å². The molecule has 0 aromatic heterocycles. The Morgan fingerprint density at radius 3 is 2.64 bits per heavy atom. The van der Waals surface area contributed by atoms with E-state index in [1.54, 1.807) is 6.92 Å². The van der Waals surface area contributed by atoms with E-state index in [-0.39, 0.29) is 5.78 Å². The summed E-state index contributed by atoms with van der Waals surface area (Å²) in [5.74, 6) is -0.172. The van der Waals surface area contributed by atoms with Crippen LogP contribution in [0.4, 0.5) is 0 Å². The van der Waals surface area contributed by atoms with Gasteiger partial charge in [0, 0.05) is 13.3 Å². The molecule has 0 radical (unpaired) electrons. The molecule has 0 spiro atoms. The summed E-state index contributed by atoms with van der Waals surface area (Å²) in [7, 11) is 0. The summed E-state index contributed by atoms with van der Waals surface area (Å²) < 4.78 is 0. The van der Waals surface area contributed by atoms with Crippen molar-refractivity contribution in [2.75, 3.05) is 0 Å². The van der Waals surface area contributed by atoms with Crippen molar-refractivity contribution in [3.05, 3.63) is 24.1 Å². The monoisotopic (exact) mass is 151 g/mol. The highest BCUT2D eigenvalue weighted by atomic mass is 16.1. The topological polar surface area (TPSA) is 21.4 Å². The fourth-order valence-electron chi connectivity index (χ4n) is 0.941. The van der Waals surface area contributed by atoms with Crippen LogP contribution in [0.15, 0.2) is 12.7 Å². The molecule has 0 N–H and O–H groups in total. The molecule has 2 heteroatoms. The third-order valence-electron chi connectivity index (χ3n) is 1.70. The molecule has 0 saturated carbocycles. The molecule has 0 aromatic rings. The SMILES string of the molecule is [C-]#[N+]C(C)(CCC)C(=O)C=C. The fourth-order valence-corrected chi connectivity index (χ4v) is 0.941. The molecular formula is C9H13NO. The van der Waals surface area contributed by atoms with E-state index in [4.69, 9.17) is 6.57 Å². The largest absolute Gasteiger partial charge is 0.302 e. The second kappa shape index (κ2) is 3.92. The van der Waals surface area contributed by atoms with Crippen LogP contribution >= 0.6 is 0 Å². The summed E-state index contributed by atoms with van der Waals surface area (Å²) in [6.45, 7) is 13.8. The predicted octanol–water partition coefficient (Wildman–Crippen LogP) is 2.22. The van der Waals surface area contributed by atoms with Crippen molar-refractivity contribution in [2.45, 2.75) is 32.2 Å². The summed E-state index contributed by atoms with van der Waals surface area (Å²) >= 11 is 0. The smallest absolute Gasteiger partial charge is 0.290 e. The minimum atomic E-state index is -0.865. The van der Waals surface area contributed by atoms with Crippen molar-refractivity contribution in [1.82, 2.24) is 0 Å². The van der Waals surface area contributed by atoms with Gasteiger partial charge >= 0.3 is 0 Å². The molecule has 11 heavy (non-hydrogen) atoms. The van der Waals surface area contributed by atoms with Crippen LogP contribution in [0, 0.1) is 6.57 Å². The summed E-state index contributed by atoms with van der Waals surface area (Å²) in [4.78, 5) is 14.4. The molecule has 0 aliphatic carbocycles. The second-order valence-electron chi connectivity index (χ2n) is 2.70. The van der Waals surface area contributed by atoms with Crippen molar-refractivity contribution >= 4 is 5.78 Å². The lowest BCUT2D eigenvalue weighted by atomic mass is 9.92. The molecule has 1 unspecified atom stereocenters. The van der Waals surface area contributed by atoms with Gasteiger partial charge in [0.1, 0.15) is 0 Å². The lowest BCUT2D eigenvalue weighted by Gasteiger charge is -2.11. The Labute approximate surface area is 67.7 Å². The van der Waals surface area contributed by atoms with Crippen molar-refractivity contribution in [3.63, 3.8) is 0 Å². The number of hydrogen-bond acceptors (Lipinski definition) is 1. The molecular weight excluding hydrogens is 138 g/mol. The van der Waals surface area contributed by atoms with Crippen LogP contribution in [0.3, 0.4) is 0 Å². The molecule has 0 aliphatic heterocycles. The third-order valence-corrected chi connectivity index (χ3v) is 1.70. The van der Waals surface area contributed by atoms with Gasteiger partial charge in [-0.25, -0.2) is 6.57 Å². The normalized spacial score (nSPS) is 14.6. The molecule has 0 aliphatic rings. The highest BCUT2D eigenvalue weighted by molar-refractivity contribution is 5.98. The summed E-state index contributed by atoms with van der Waals surface area (Å²) in [6.07, 6.45) is 2.69.